The van der Waals surface area contributed by atoms with Gasteiger partial charge in [0.05, 0.1) is 5.02 Å². The van der Waals surface area contributed by atoms with Crippen LogP contribution in [0.2, 0.25) is 5.02 Å². The summed E-state index contributed by atoms with van der Waals surface area (Å²) in [5, 5.41) is 3.97. The molecule has 0 spiro atoms. The van der Waals surface area contributed by atoms with E-state index in [4.69, 9.17) is 11.6 Å². The van der Waals surface area contributed by atoms with Gasteiger partial charge >= 0.3 is 0 Å². The lowest BCUT2D eigenvalue weighted by atomic mass is 9.75. The normalized spacial score (nSPS) is 13.3. The van der Waals surface area contributed by atoms with Crippen LogP contribution >= 0.6 is 11.6 Å². The molecule has 3 heteroatoms. The minimum Gasteiger partial charge on any atom is -0.381 e. The number of rotatable bonds is 11. The Labute approximate surface area is 185 Å². The number of hydrogen-bond acceptors (Lipinski definition) is 1. The van der Waals surface area contributed by atoms with Gasteiger partial charge in [0.15, 0.2) is 0 Å². The SMILES string of the molecule is C=C(NC(C(CCC)CCCC)C(C)(C)C)c1ccc(F)c(Cl)c1CCC.CC. The lowest BCUT2D eigenvalue weighted by Crippen LogP contribution is -2.45. The van der Waals surface area contributed by atoms with E-state index in [1.807, 2.05) is 19.9 Å². The van der Waals surface area contributed by atoms with Gasteiger partial charge in [-0.1, -0.05) is 99.3 Å². The second-order valence-electron chi connectivity index (χ2n) is 8.80. The van der Waals surface area contributed by atoms with Crippen LogP contribution in [0.3, 0.4) is 0 Å². The van der Waals surface area contributed by atoms with E-state index < -0.39 is 0 Å². The quantitative estimate of drug-likeness (QED) is 0.372. The van der Waals surface area contributed by atoms with Crippen molar-refractivity contribution >= 4 is 17.3 Å². The predicted molar refractivity (Wildman–Crippen MR) is 130 cm³/mol. The fourth-order valence-electron chi connectivity index (χ4n) is 3.99. The van der Waals surface area contributed by atoms with E-state index in [-0.39, 0.29) is 16.3 Å². The Balaban J connectivity index is 0.00000379. The molecule has 1 aromatic carbocycles. The van der Waals surface area contributed by atoms with Crippen LogP contribution in [0.25, 0.3) is 5.70 Å². The smallest absolute Gasteiger partial charge is 0.142 e. The molecule has 0 aromatic heterocycles. The first-order chi connectivity index (χ1) is 13.7. The Morgan fingerprint density at radius 3 is 2.17 bits per heavy atom. The maximum absolute atomic E-state index is 14.0. The number of halogens is 2. The fourth-order valence-corrected chi connectivity index (χ4v) is 4.25. The number of benzene rings is 1. The molecule has 0 aliphatic carbocycles. The van der Waals surface area contributed by atoms with E-state index in [0.717, 1.165) is 29.7 Å². The first-order valence-corrected chi connectivity index (χ1v) is 12.0. The zero-order chi connectivity index (χ0) is 22.6. The van der Waals surface area contributed by atoms with Crippen LogP contribution in [0.5, 0.6) is 0 Å². The molecular weight excluding hydrogens is 381 g/mol. The summed E-state index contributed by atoms with van der Waals surface area (Å²) in [7, 11) is 0. The molecule has 0 radical (unpaired) electrons. The first kappa shape index (κ1) is 28.0. The van der Waals surface area contributed by atoms with Gasteiger partial charge in [-0.25, -0.2) is 4.39 Å². The molecular formula is C26H45ClFN. The maximum Gasteiger partial charge on any atom is 0.142 e. The van der Waals surface area contributed by atoms with E-state index in [9.17, 15) is 4.39 Å². The Bertz CT molecular complexity index is 603. The van der Waals surface area contributed by atoms with Gasteiger partial charge in [-0.15, -0.1) is 0 Å². The summed E-state index contributed by atoms with van der Waals surface area (Å²) in [4.78, 5) is 0. The molecule has 168 valence electrons. The molecule has 0 saturated heterocycles. The molecule has 0 aliphatic heterocycles. The summed E-state index contributed by atoms with van der Waals surface area (Å²) in [5.41, 5.74) is 2.77. The molecule has 1 rings (SSSR count). The van der Waals surface area contributed by atoms with Gasteiger partial charge < -0.3 is 5.32 Å². The summed E-state index contributed by atoms with van der Waals surface area (Å²) in [6, 6.07) is 3.59. The largest absolute Gasteiger partial charge is 0.381 e. The minimum atomic E-state index is -0.351. The molecule has 0 fully saturated rings. The van der Waals surface area contributed by atoms with Crippen LogP contribution in [0.15, 0.2) is 18.7 Å². The fraction of sp³-hybridized carbons (Fsp3) is 0.692. The number of unbranched alkanes of at least 4 members (excludes halogenated alkanes) is 1. The summed E-state index contributed by atoms with van der Waals surface area (Å²) >= 11 is 6.28. The van der Waals surface area contributed by atoms with Crippen molar-refractivity contribution in [3.05, 3.63) is 40.7 Å². The predicted octanol–water partition coefficient (Wildman–Crippen LogP) is 9.04. The van der Waals surface area contributed by atoms with Gasteiger partial charge in [-0.3, -0.25) is 0 Å². The molecule has 0 aliphatic rings. The molecule has 1 aromatic rings. The van der Waals surface area contributed by atoms with Gasteiger partial charge in [0.25, 0.3) is 0 Å². The molecule has 0 heterocycles. The van der Waals surface area contributed by atoms with E-state index in [1.54, 1.807) is 0 Å². The highest BCUT2D eigenvalue weighted by Gasteiger charge is 2.32. The van der Waals surface area contributed by atoms with Gasteiger partial charge in [-0.2, -0.15) is 0 Å². The third kappa shape index (κ3) is 8.70. The standard InChI is InChI=1S/C24H39ClFN.C2H6/c1-8-11-14-18(12-9-2)23(24(5,6)7)27-17(4)19-15-16-21(26)22(25)20(19)13-10-3;1-2/h15-16,18,23,27H,4,8-14H2,1-3,5-7H3;1-2H3. The maximum atomic E-state index is 14.0. The Morgan fingerprint density at radius 2 is 1.69 bits per heavy atom. The third-order valence-electron chi connectivity index (χ3n) is 5.34. The monoisotopic (exact) mass is 425 g/mol. The van der Waals surface area contributed by atoms with Crippen molar-refractivity contribution in [3.8, 4) is 0 Å². The van der Waals surface area contributed by atoms with Crippen LogP contribution in [-0.2, 0) is 6.42 Å². The summed E-state index contributed by atoms with van der Waals surface area (Å²) < 4.78 is 14.0. The molecule has 2 atom stereocenters. The number of nitrogens with one attached hydrogen (secondary N) is 1. The average Bonchev–Trinajstić information content (AvgIpc) is 2.68. The Morgan fingerprint density at radius 1 is 1.07 bits per heavy atom. The molecule has 1 N–H and O–H groups in total. The molecule has 0 saturated carbocycles. The van der Waals surface area contributed by atoms with Gasteiger partial charge in [0.1, 0.15) is 5.82 Å². The second kappa shape index (κ2) is 14.1. The summed E-state index contributed by atoms with van der Waals surface area (Å²) in [6.07, 6.45) is 7.73. The van der Waals surface area contributed by atoms with Crippen LogP contribution in [0.1, 0.15) is 105 Å². The molecule has 1 nitrogen and oxygen atoms in total. The van der Waals surface area contributed by atoms with E-state index >= 15 is 0 Å². The molecule has 0 amide bonds. The second-order valence-corrected chi connectivity index (χ2v) is 9.17. The lowest BCUT2D eigenvalue weighted by molar-refractivity contribution is 0.191. The van der Waals surface area contributed by atoms with Crippen molar-refractivity contribution in [2.24, 2.45) is 11.3 Å². The van der Waals surface area contributed by atoms with Crippen molar-refractivity contribution in [3.63, 3.8) is 0 Å². The van der Waals surface area contributed by atoms with Crippen LogP contribution in [0, 0.1) is 17.2 Å². The van der Waals surface area contributed by atoms with E-state index in [0.29, 0.717) is 12.0 Å². The molecule has 0 bridgehead atoms. The van der Waals surface area contributed by atoms with Crippen LogP contribution in [0.4, 0.5) is 4.39 Å². The zero-order valence-electron chi connectivity index (χ0n) is 20.2. The van der Waals surface area contributed by atoms with Crippen molar-refractivity contribution in [2.45, 2.75) is 106 Å². The van der Waals surface area contributed by atoms with Crippen LogP contribution < -0.4 is 5.32 Å². The summed E-state index contributed by atoms with van der Waals surface area (Å²) in [5.74, 6) is 0.244. The first-order valence-electron chi connectivity index (χ1n) is 11.6. The lowest BCUT2D eigenvalue weighted by Gasteiger charge is -2.39. The van der Waals surface area contributed by atoms with Crippen LogP contribution in [-0.4, -0.2) is 6.04 Å². The third-order valence-corrected chi connectivity index (χ3v) is 5.75. The van der Waals surface area contributed by atoms with Gasteiger partial charge in [0, 0.05) is 17.3 Å². The highest BCUT2D eigenvalue weighted by atomic mass is 35.5. The van der Waals surface area contributed by atoms with Crippen molar-refractivity contribution in [1.82, 2.24) is 5.32 Å². The zero-order valence-corrected chi connectivity index (χ0v) is 21.0. The average molecular weight is 426 g/mol. The van der Waals surface area contributed by atoms with Gasteiger partial charge in [0.2, 0.25) is 0 Å². The summed E-state index contributed by atoms with van der Waals surface area (Å²) in [6.45, 7) is 21.8. The minimum absolute atomic E-state index is 0.102. The topological polar surface area (TPSA) is 12.0 Å². The van der Waals surface area contributed by atoms with E-state index in [2.05, 4.69) is 53.4 Å². The Hall–Kier alpha value is -1.02. The molecule has 2 unspecified atom stereocenters. The molecule has 29 heavy (non-hydrogen) atoms. The highest BCUT2D eigenvalue weighted by molar-refractivity contribution is 6.31. The number of hydrogen-bond donors (Lipinski definition) is 1. The highest BCUT2D eigenvalue weighted by Crippen LogP contribution is 2.34. The van der Waals surface area contributed by atoms with Crippen molar-refractivity contribution in [2.75, 3.05) is 0 Å². The van der Waals surface area contributed by atoms with Gasteiger partial charge in [-0.05, 0) is 48.3 Å². The Kier molecular flexibility index (Phi) is 13.6. The van der Waals surface area contributed by atoms with E-state index in [1.165, 1.54) is 38.2 Å². The van der Waals surface area contributed by atoms with Crippen molar-refractivity contribution in [1.29, 1.82) is 0 Å². The van der Waals surface area contributed by atoms with Crippen molar-refractivity contribution < 1.29 is 4.39 Å².